The van der Waals surface area contributed by atoms with Gasteiger partial charge in [-0.3, -0.25) is 4.99 Å². The molecule has 0 aromatic rings. The predicted octanol–water partition coefficient (Wildman–Crippen LogP) is -0.205. The molecule has 3 heteroatoms. The second kappa shape index (κ2) is 4.43. The van der Waals surface area contributed by atoms with E-state index in [1.165, 1.54) is 6.40 Å². The number of hydrogen-bond acceptors (Lipinski definition) is 3. The zero-order valence-electron chi connectivity index (χ0n) is 3.93. The molecule has 0 atom stereocenters. The summed E-state index contributed by atoms with van der Waals surface area (Å²) >= 11 is 0. The van der Waals surface area contributed by atoms with Gasteiger partial charge in [0, 0.05) is 14.1 Å². The van der Waals surface area contributed by atoms with Crippen molar-refractivity contribution in [3.63, 3.8) is 0 Å². The van der Waals surface area contributed by atoms with Crippen molar-refractivity contribution in [1.29, 1.82) is 0 Å². The third kappa shape index (κ3) is 3.43. The van der Waals surface area contributed by atoms with Crippen LogP contribution in [0.1, 0.15) is 0 Å². The van der Waals surface area contributed by atoms with Crippen LogP contribution in [0, 0.1) is 0 Å². The molecule has 0 fully saturated rings. The first kappa shape index (κ1) is 5.43. The summed E-state index contributed by atoms with van der Waals surface area (Å²) < 4.78 is 0. The van der Waals surface area contributed by atoms with Gasteiger partial charge in [0.05, 0.1) is 0 Å². The van der Waals surface area contributed by atoms with E-state index in [1.54, 1.807) is 14.1 Å². The molecule has 0 saturated carbocycles. The molecular formula is C3H8N2O. The molecule has 0 radical (unpaired) electrons. The lowest BCUT2D eigenvalue weighted by Crippen LogP contribution is -2.03. The van der Waals surface area contributed by atoms with E-state index >= 15 is 0 Å². The summed E-state index contributed by atoms with van der Waals surface area (Å²) in [6.07, 6.45) is 1.32. The quantitative estimate of drug-likeness (QED) is 0.288. The minimum atomic E-state index is 1.32. The van der Waals surface area contributed by atoms with Gasteiger partial charge in [0.15, 0.2) is 6.40 Å². The summed E-state index contributed by atoms with van der Waals surface area (Å²) in [7, 11) is 3.30. The van der Waals surface area contributed by atoms with Gasteiger partial charge in [-0.05, 0) is 0 Å². The predicted molar refractivity (Wildman–Crippen MR) is 24.6 cm³/mol. The Morgan fingerprint density at radius 1 is 1.83 bits per heavy atom. The summed E-state index contributed by atoms with van der Waals surface area (Å²) in [5.41, 5.74) is 2.42. The number of hydrogen-bond donors (Lipinski definition) is 1. The first-order chi connectivity index (χ1) is 2.91. The van der Waals surface area contributed by atoms with Gasteiger partial charge in [-0.15, -0.1) is 0 Å². The highest BCUT2D eigenvalue weighted by Crippen LogP contribution is 1.49. The van der Waals surface area contributed by atoms with E-state index in [2.05, 4.69) is 15.3 Å². The zero-order chi connectivity index (χ0) is 4.83. The average Bonchev–Trinajstić information content (AvgIpc) is 1.61. The van der Waals surface area contributed by atoms with Crippen molar-refractivity contribution in [1.82, 2.24) is 5.48 Å². The van der Waals surface area contributed by atoms with Crippen molar-refractivity contribution in [2.45, 2.75) is 0 Å². The highest BCUT2D eigenvalue weighted by Gasteiger charge is 1.57. The van der Waals surface area contributed by atoms with Gasteiger partial charge in [-0.2, -0.15) is 5.48 Å². The van der Waals surface area contributed by atoms with E-state index in [4.69, 9.17) is 0 Å². The van der Waals surface area contributed by atoms with Gasteiger partial charge in [0.1, 0.15) is 0 Å². The SMILES string of the molecule is C/N=C\ONC. The highest BCUT2D eigenvalue weighted by molar-refractivity contribution is 5.45. The topological polar surface area (TPSA) is 33.6 Å². The maximum absolute atomic E-state index is 4.44. The number of hydroxylamine groups is 1. The van der Waals surface area contributed by atoms with Gasteiger partial charge in [0.25, 0.3) is 0 Å². The van der Waals surface area contributed by atoms with Crippen LogP contribution in [0.4, 0.5) is 0 Å². The molecule has 0 aromatic carbocycles. The van der Waals surface area contributed by atoms with Crippen molar-refractivity contribution in [2.75, 3.05) is 14.1 Å². The molecule has 0 aliphatic rings. The fraction of sp³-hybridized carbons (Fsp3) is 0.667. The molecule has 3 nitrogen and oxygen atoms in total. The van der Waals surface area contributed by atoms with Crippen LogP contribution in [0.2, 0.25) is 0 Å². The van der Waals surface area contributed by atoms with Crippen molar-refractivity contribution in [3.8, 4) is 0 Å². The Balaban J connectivity index is 2.66. The summed E-state index contributed by atoms with van der Waals surface area (Å²) in [5, 5.41) is 0. The maximum atomic E-state index is 4.44. The Morgan fingerprint density at radius 3 is 2.67 bits per heavy atom. The van der Waals surface area contributed by atoms with Gasteiger partial charge in [0.2, 0.25) is 0 Å². The number of aliphatic imine (C=N–C) groups is 1. The summed E-state index contributed by atoms with van der Waals surface area (Å²) in [6, 6.07) is 0. The molecule has 6 heavy (non-hydrogen) atoms. The first-order valence-corrected chi connectivity index (χ1v) is 1.65. The van der Waals surface area contributed by atoms with Crippen LogP contribution >= 0.6 is 0 Å². The molecule has 0 aromatic heterocycles. The van der Waals surface area contributed by atoms with Crippen LogP contribution in [0.25, 0.3) is 0 Å². The summed E-state index contributed by atoms with van der Waals surface area (Å²) in [5.74, 6) is 0. The fourth-order valence-corrected chi connectivity index (χ4v) is 0.105. The Kier molecular flexibility index (Phi) is 4.01. The Morgan fingerprint density at radius 2 is 2.50 bits per heavy atom. The van der Waals surface area contributed by atoms with Gasteiger partial charge in [-0.1, -0.05) is 0 Å². The van der Waals surface area contributed by atoms with Gasteiger partial charge in [-0.25, -0.2) is 0 Å². The lowest BCUT2D eigenvalue weighted by molar-refractivity contribution is 0.222. The molecule has 0 saturated heterocycles. The number of nitrogens with zero attached hydrogens (tertiary/aromatic N) is 1. The molecular weight excluding hydrogens is 80.0 g/mol. The van der Waals surface area contributed by atoms with E-state index in [1.807, 2.05) is 0 Å². The van der Waals surface area contributed by atoms with Crippen LogP contribution < -0.4 is 5.48 Å². The van der Waals surface area contributed by atoms with Crippen molar-refractivity contribution < 1.29 is 4.84 Å². The molecule has 0 aliphatic heterocycles. The Bertz CT molecular complexity index is 44.1. The Hall–Kier alpha value is -0.570. The standard InChI is InChI=1S/C3H8N2O/c1-4-3-6-5-2/h3,5H,1-2H3/b4-3-. The molecule has 0 bridgehead atoms. The highest BCUT2D eigenvalue weighted by atomic mass is 16.6. The van der Waals surface area contributed by atoms with Crippen LogP contribution in [0.5, 0.6) is 0 Å². The number of rotatable bonds is 2. The smallest absolute Gasteiger partial charge is 0.196 e. The maximum Gasteiger partial charge on any atom is 0.196 e. The molecule has 0 aliphatic carbocycles. The van der Waals surface area contributed by atoms with Crippen LogP contribution in [0.15, 0.2) is 4.99 Å². The second-order valence-electron chi connectivity index (χ2n) is 0.686. The lowest BCUT2D eigenvalue weighted by Gasteiger charge is -1.87. The van der Waals surface area contributed by atoms with E-state index < -0.39 is 0 Å². The Labute approximate surface area is 37.0 Å². The van der Waals surface area contributed by atoms with Crippen molar-refractivity contribution in [2.24, 2.45) is 4.99 Å². The van der Waals surface area contributed by atoms with Gasteiger partial charge >= 0.3 is 0 Å². The zero-order valence-corrected chi connectivity index (χ0v) is 3.93. The van der Waals surface area contributed by atoms with Gasteiger partial charge < -0.3 is 4.84 Å². The van der Waals surface area contributed by atoms with Crippen LogP contribution in [-0.4, -0.2) is 20.5 Å². The normalized spacial score (nSPS) is 9.67. The largest absolute Gasteiger partial charge is 0.397 e. The van der Waals surface area contributed by atoms with E-state index in [-0.39, 0.29) is 0 Å². The summed E-state index contributed by atoms with van der Waals surface area (Å²) in [6.45, 7) is 0. The van der Waals surface area contributed by atoms with E-state index in [0.29, 0.717) is 0 Å². The molecule has 0 spiro atoms. The molecule has 0 unspecified atom stereocenters. The van der Waals surface area contributed by atoms with Crippen molar-refractivity contribution in [3.05, 3.63) is 0 Å². The third-order valence-electron chi connectivity index (χ3n) is 0.276. The molecule has 0 rings (SSSR count). The minimum Gasteiger partial charge on any atom is -0.397 e. The monoisotopic (exact) mass is 88.1 g/mol. The molecule has 0 amide bonds. The van der Waals surface area contributed by atoms with Crippen LogP contribution in [-0.2, 0) is 4.84 Å². The molecule has 0 heterocycles. The molecule has 36 valence electrons. The lowest BCUT2D eigenvalue weighted by atomic mass is 11.3. The summed E-state index contributed by atoms with van der Waals surface area (Å²) in [4.78, 5) is 7.96. The average molecular weight is 88.1 g/mol. The van der Waals surface area contributed by atoms with E-state index in [0.717, 1.165) is 0 Å². The first-order valence-electron chi connectivity index (χ1n) is 1.65. The minimum absolute atomic E-state index is 1.32. The third-order valence-corrected chi connectivity index (χ3v) is 0.276. The molecule has 1 N–H and O–H groups in total. The van der Waals surface area contributed by atoms with E-state index in [9.17, 15) is 0 Å². The van der Waals surface area contributed by atoms with Crippen molar-refractivity contribution >= 4 is 6.40 Å². The van der Waals surface area contributed by atoms with Crippen LogP contribution in [0.3, 0.4) is 0 Å². The second-order valence-corrected chi connectivity index (χ2v) is 0.686. The fourth-order valence-electron chi connectivity index (χ4n) is 0.105. The number of nitrogens with one attached hydrogen (secondary N) is 1.